The van der Waals surface area contributed by atoms with Crippen LogP contribution in [0, 0.1) is 0 Å². The van der Waals surface area contributed by atoms with Crippen LogP contribution in [0.25, 0.3) is 0 Å². The van der Waals surface area contributed by atoms with Crippen LogP contribution in [0.3, 0.4) is 0 Å². The van der Waals surface area contributed by atoms with E-state index in [9.17, 15) is 0 Å². The molecule has 1 aromatic carbocycles. The summed E-state index contributed by atoms with van der Waals surface area (Å²) >= 11 is 5.80. The molecule has 1 heterocycles. The van der Waals surface area contributed by atoms with Crippen LogP contribution in [-0.2, 0) is 6.42 Å². The van der Waals surface area contributed by atoms with Crippen molar-refractivity contribution in [3.8, 4) is 0 Å². The van der Waals surface area contributed by atoms with Gasteiger partial charge in [-0.25, -0.2) is 9.97 Å². The Hall–Kier alpha value is -1.61. The monoisotopic (exact) mass is 219 g/mol. The van der Waals surface area contributed by atoms with Gasteiger partial charge in [0.05, 0.1) is 11.9 Å². The van der Waals surface area contributed by atoms with Crippen LogP contribution in [0.5, 0.6) is 0 Å². The summed E-state index contributed by atoms with van der Waals surface area (Å²) in [5, 5.41) is 0.316. The molecule has 2 aromatic rings. The van der Waals surface area contributed by atoms with Gasteiger partial charge in [0.15, 0.2) is 5.15 Å². The highest BCUT2D eigenvalue weighted by molar-refractivity contribution is 6.31. The summed E-state index contributed by atoms with van der Waals surface area (Å²) in [6, 6.07) is 9.98. The molecule has 0 radical (unpaired) electrons. The summed E-state index contributed by atoms with van der Waals surface area (Å²) in [6.45, 7) is 0. The second-order valence-electron chi connectivity index (χ2n) is 3.19. The third-order valence-corrected chi connectivity index (χ3v) is 2.33. The Morgan fingerprint density at radius 2 is 1.93 bits per heavy atom. The van der Waals surface area contributed by atoms with Crippen LogP contribution in [-0.4, -0.2) is 9.97 Å². The third kappa shape index (κ3) is 2.44. The number of benzene rings is 1. The Morgan fingerprint density at radius 3 is 2.60 bits per heavy atom. The molecule has 4 heteroatoms. The Kier molecular flexibility index (Phi) is 2.83. The summed E-state index contributed by atoms with van der Waals surface area (Å²) in [6.07, 6.45) is 2.20. The fourth-order valence-corrected chi connectivity index (χ4v) is 1.41. The molecule has 1 aromatic heterocycles. The molecule has 0 fully saturated rings. The molecule has 15 heavy (non-hydrogen) atoms. The Morgan fingerprint density at radius 1 is 1.20 bits per heavy atom. The van der Waals surface area contributed by atoms with E-state index in [1.165, 1.54) is 6.20 Å². The summed E-state index contributed by atoms with van der Waals surface area (Å²) in [5.41, 5.74) is 7.09. The Balaban J connectivity index is 2.22. The minimum atomic E-state index is 0.316. The lowest BCUT2D eigenvalue weighted by Crippen LogP contribution is -1.99. The first-order chi connectivity index (χ1) is 7.25. The van der Waals surface area contributed by atoms with Crippen molar-refractivity contribution in [3.05, 3.63) is 53.1 Å². The molecule has 0 bridgehead atoms. The van der Waals surface area contributed by atoms with Crippen LogP contribution in [0.15, 0.2) is 36.5 Å². The lowest BCUT2D eigenvalue weighted by molar-refractivity contribution is 0.971. The maximum atomic E-state index is 5.80. The zero-order valence-corrected chi connectivity index (χ0v) is 8.78. The van der Waals surface area contributed by atoms with Gasteiger partial charge in [0, 0.05) is 6.42 Å². The second-order valence-corrected chi connectivity index (χ2v) is 3.55. The van der Waals surface area contributed by atoms with Gasteiger partial charge in [-0.1, -0.05) is 41.9 Å². The van der Waals surface area contributed by atoms with Crippen LogP contribution < -0.4 is 5.73 Å². The van der Waals surface area contributed by atoms with Gasteiger partial charge in [0.2, 0.25) is 0 Å². The van der Waals surface area contributed by atoms with Crippen LogP contribution in [0.4, 0.5) is 5.69 Å². The van der Waals surface area contributed by atoms with Gasteiger partial charge < -0.3 is 5.73 Å². The van der Waals surface area contributed by atoms with Gasteiger partial charge in [-0.05, 0) is 5.56 Å². The topological polar surface area (TPSA) is 51.8 Å². The number of nitrogens with two attached hydrogens (primary N) is 1. The van der Waals surface area contributed by atoms with Gasteiger partial charge >= 0.3 is 0 Å². The predicted molar refractivity (Wildman–Crippen MR) is 60.7 cm³/mol. The Labute approximate surface area is 92.9 Å². The van der Waals surface area contributed by atoms with E-state index in [0.717, 1.165) is 5.56 Å². The second kappa shape index (κ2) is 4.28. The number of halogens is 1. The average Bonchev–Trinajstić information content (AvgIpc) is 2.25. The SMILES string of the molecule is Nc1cnc(Cc2ccccc2)nc1Cl. The molecular weight excluding hydrogens is 210 g/mol. The van der Waals surface area contributed by atoms with Crippen molar-refractivity contribution in [3.63, 3.8) is 0 Å². The molecule has 0 aliphatic carbocycles. The number of aromatic nitrogens is 2. The van der Waals surface area contributed by atoms with Crippen molar-refractivity contribution >= 4 is 17.3 Å². The molecule has 0 unspecified atom stereocenters. The van der Waals surface area contributed by atoms with Crippen molar-refractivity contribution in [1.29, 1.82) is 0 Å². The van der Waals surface area contributed by atoms with E-state index in [1.807, 2.05) is 30.3 Å². The summed E-state index contributed by atoms with van der Waals surface area (Å²) < 4.78 is 0. The van der Waals surface area contributed by atoms with Crippen molar-refractivity contribution in [2.45, 2.75) is 6.42 Å². The van der Waals surface area contributed by atoms with E-state index in [0.29, 0.717) is 23.1 Å². The molecule has 76 valence electrons. The zero-order chi connectivity index (χ0) is 10.7. The molecule has 3 nitrogen and oxygen atoms in total. The molecule has 0 spiro atoms. The maximum absolute atomic E-state index is 5.80. The molecule has 2 rings (SSSR count). The molecule has 0 saturated carbocycles. The maximum Gasteiger partial charge on any atom is 0.155 e. The van der Waals surface area contributed by atoms with E-state index < -0.39 is 0 Å². The molecule has 0 atom stereocenters. The zero-order valence-electron chi connectivity index (χ0n) is 8.02. The highest BCUT2D eigenvalue weighted by Crippen LogP contribution is 2.14. The van der Waals surface area contributed by atoms with E-state index in [4.69, 9.17) is 17.3 Å². The highest BCUT2D eigenvalue weighted by atomic mass is 35.5. The minimum absolute atomic E-state index is 0.316. The third-order valence-electron chi connectivity index (χ3n) is 2.02. The molecule has 0 saturated heterocycles. The van der Waals surface area contributed by atoms with E-state index in [-0.39, 0.29) is 0 Å². The van der Waals surface area contributed by atoms with Gasteiger partial charge in [0.1, 0.15) is 5.82 Å². The van der Waals surface area contributed by atoms with Crippen LogP contribution in [0.1, 0.15) is 11.4 Å². The smallest absolute Gasteiger partial charge is 0.155 e. The van der Waals surface area contributed by atoms with Gasteiger partial charge in [0.25, 0.3) is 0 Å². The van der Waals surface area contributed by atoms with E-state index >= 15 is 0 Å². The molecule has 0 aliphatic rings. The summed E-state index contributed by atoms with van der Waals surface area (Å²) in [4.78, 5) is 8.21. The van der Waals surface area contributed by atoms with Crippen molar-refractivity contribution in [2.75, 3.05) is 5.73 Å². The van der Waals surface area contributed by atoms with Gasteiger partial charge in [-0.3, -0.25) is 0 Å². The fourth-order valence-electron chi connectivity index (χ4n) is 1.27. The van der Waals surface area contributed by atoms with Crippen molar-refractivity contribution in [1.82, 2.24) is 9.97 Å². The average molecular weight is 220 g/mol. The number of hydrogen-bond acceptors (Lipinski definition) is 3. The summed E-state index contributed by atoms with van der Waals surface area (Å²) in [7, 11) is 0. The van der Waals surface area contributed by atoms with Crippen LogP contribution in [0.2, 0.25) is 5.15 Å². The molecule has 0 amide bonds. The van der Waals surface area contributed by atoms with E-state index in [2.05, 4.69) is 9.97 Å². The fraction of sp³-hybridized carbons (Fsp3) is 0.0909. The number of nitrogens with zero attached hydrogens (tertiary/aromatic N) is 2. The number of nitrogen functional groups attached to an aromatic ring is 1. The first-order valence-corrected chi connectivity index (χ1v) is 4.94. The highest BCUT2D eigenvalue weighted by Gasteiger charge is 2.02. The van der Waals surface area contributed by atoms with Crippen LogP contribution >= 0.6 is 11.6 Å². The standard InChI is InChI=1S/C11H10ClN3/c12-11-9(13)7-14-10(15-11)6-8-4-2-1-3-5-8/h1-5,7H,6,13H2. The minimum Gasteiger partial charge on any atom is -0.395 e. The van der Waals surface area contributed by atoms with Crippen molar-refractivity contribution < 1.29 is 0 Å². The van der Waals surface area contributed by atoms with Gasteiger partial charge in [-0.15, -0.1) is 0 Å². The number of hydrogen-bond donors (Lipinski definition) is 1. The first kappa shape index (κ1) is 9.93. The lowest BCUT2D eigenvalue weighted by atomic mass is 10.1. The lowest BCUT2D eigenvalue weighted by Gasteiger charge is -2.01. The quantitative estimate of drug-likeness (QED) is 0.789. The largest absolute Gasteiger partial charge is 0.395 e. The number of anilines is 1. The predicted octanol–water partition coefficient (Wildman–Crippen LogP) is 2.30. The normalized spacial score (nSPS) is 10.2. The summed E-state index contributed by atoms with van der Waals surface area (Å²) in [5.74, 6) is 0.681. The molecular formula is C11H10ClN3. The van der Waals surface area contributed by atoms with Crippen molar-refractivity contribution in [2.24, 2.45) is 0 Å². The Bertz CT molecular complexity index is 457. The van der Waals surface area contributed by atoms with Gasteiger partial charge in [-0.2, -0.15) is 0 Å². The van der Waals surface area contributed by atoms with E-state index in [1.54, 1.807) is 0 Å². The molecule has 0 aliphatic heterocycles. The number of rotatable bonds is 2. The molecule has 2 N–H and O–H groups in total. The first-order valence-electron chi connectivity index (χ1n) is 4.56.